The molecule has 0 bridgehead atoms. The summed E-state index contributed by atoms with van der Waals surface area (Å²) in [6.45, 7) is 0.417. The molecule has 0 saturated carbocycles. The number of rotatable bonds is 4. The average Bonchev–Trinajstić information content (AvgIpc) is 3.09. The molecule has 4 aromatic rings. The van der Waals surface area contributed by atoms with Crippen LogP contribution in [0.3, 0.4) is 0 Å². The standard InChI is InChI=1S/C19H14N2O2S/c22-19-16-10-11-24-18(16)20-13-21(19)12-14-6-4-5-9-17(14)23-15-7-2-1-3-8-15/h1-11,13H,12H2. The number of ether oxygens (including phenoxy) is 1. The third-order valence-corrected chi connectivity index (χ3v) is 4.56. The summed E-state index contributed by atoms with van der Waals surface area (Å²) in [5, 5.41) is 2.54. The zero-order valence-corrected chi connectivity index (χ0v) is 13.6. The Morgan fingerprint density at radius 3 is 2.67 bits per heavy atom. The molecule has 0 N–H and O–H groups in total. The molecule has 5 heteroatoms. The van der Waals surface area contributed by atoms with Gasteiger partial charge in [0.05, 0.1) is 18.3 Å². The van der Waals surface area contributed by atoms with Crippen molar-refractivity contribution < 1.29 is 4.74 Å². The lowest BCUT2D eigenvalue weighted by Gasteiger charge is -2.12. The smallest absolute Gasteiger partial charge is 0.262 e. The van der Waals surface area contributed by atoms with Crippen molar-refractivity contribution in [1.82, 2.24) is 9.55 Å². The van der Waals surface area contributed by atoms with Gasteiger partial charge in [-0.1, -0.05) is 36.4 Å². The fourth-order valence-electron chi connectivity index (χ4n) is 2.54. The van der Waals surface area contributed by atoms with Gasteiger partial charge in [-0.2, -0.15) is 0 Å². The van der Waals surface area contributed by atoms with E-state index in [0.29, 0.717) is 11.9 Å². The normalized spacial score (nSPS) is 10.8. The van der Waals surface area contributed by atoms with Gasteiger partial charge in [0.25, 0.3) is 5.56 Å². The minimum Gasteiger partial charge on any atom is -0.457 e. The quantitative estimate of drug-likeness (QED) is 0.559. The largest absolute Gasteiger partial charge is 0.457 e. The third-order valence-electron chi connectivity index (χ3n) is 3.73. The first kappa shape index (κ1) is 14.7. The van der Waals surface area contributed by atoms with E-state index >= 15 is 0 Å². The molecule has 0 atom stereocenters. The van der Waals surface area contributed by atoms with E-state index in [1.807, 2.05) is 66.0 Å². The SMILES string of the molecule is O=c1c2ccsc2ncn1Cc1ccccc1Oc1ccccc1. The molecule has 0 saturated heterocycles. The zero-order chi connectivity index (χ0) is 16.4. The van der Waals surface area contributed by atoms with Gasteiger partial charge in [0.2, 0.25) is 0 Å². The molecule has 4 rings (SSSR count). The Bertz CT molecular complexity index is 1040. The Hall–Kier alpha value is -2.92. The molecule has 2 aromatic carbocycles. The van der Waals surface area contributed by atoms with Crippen LogP contribution in [-0.2, 0) is 6.54 Å². The Balaban J connectivity index is 1.69. The lowest BCUT2D eigenvalue weighted by Crippen LogP contribution is -2.20. The molecule has 0 aliphatic heterocycles. The summed E-state index contributed by atoms with van der Waals surface area (Å²) in [6.07, 6.45) is 1.60. The van der Waals surface area contributed by atoms with Crippen LogP contribution in [0.25, 0.3) is 10.2 Å². The van der Waals surface area contributed by atoms with Crippen molar-refractivity contribution in [3.05, 3.63) is 88.3 Å². The molecule has 0 amide bonds. The van der Waals surface area contributed by atoms with E-state index < -0.39 is 0 Å². The maximum Gasteiger partial charge on any atom is 0.262 e. The van der Waals surface area contributed by atoms with Gasteiger partial charge < -0.3 is 4.74 Å². The van der Waals surface area contributed by atoms with Gasteiger partial charge in [-0.25, -0.2) is 4.98 Å². The van der Waals surface area contributed by atoms with E-state index in [1.54, 1.807) is 10.9 Å². The summed E-state index contributed by atoms with van der Waals surface area (Å²) in [7, 11) is 0. The number of para-hydroxylation sites is 2. The molecule has 118 valence electrons. The van der Waals surface area contributed by atoms with Crippen LogP contribution < -0.4 is 10.3 Å². The zero-order valence-electron chi connectivity index (χ0n) is 12.8. The lowest BCUT2D eigenvalue weighted by atomic mass is 10.2. The summed E-state index contributed by atoms with van der Waals surface area (Å²) in [4.78, 5) is 17.7. The Labute approximate surface area is 142 Å². The highest BCUT2D eigenvalue weighted by molar-refractivity contribution is 7.16. The number of fused-ring (bicyclic) bond motifs is 1. The minimum atomic E-state index is -0.0317. The molecule has 0 spiro atoms. The molecule has 0 aliphatic rings. The molecule has 0 radical (unpaired) electrons. The van der Waals surface area contributed by atoms with E-state index in [0.717, 1.165) is 21.9 Å². The first-order valence-electron chi connectivity index (χ1n) is 7.55. The molecule has 0 aliphatic carbocycles. The van der Waals surface area contributed by atoms with Crippen molar-refractivity contribution in [3.8, 4) is 11.5 Å². The first-order chi connectivity index (χ1) is 11.8. The van der Waals surface area contributed by atoms with Crippen molar-refractivity contribution >= 4 is 21.6 Å². The minimum absolute atomic E-state index is 0.0317. The van der Waals surface area contributed by atoms with Gasteiger partial charge >= 0.3 is 0 Å². The van der Waals surface area contributed by atoms with E-state index in [2.05, 4.69) is 4.98 Å². The second-order valence-corrected chi connectivity index (χ2v) is 6.23. The number of thiophene rings is 1. The molecule has 24 heavy (non-hydrogen) atoms. The summed E-state index contributed by atoms with van der Waals surface area (Å²) in [5.41, 5.74) is 0.899. The predicted octanol–water partition coefficient (Wildman–Crippen LogP) is 4.30. The van der Waals surface area contributed by atoms with E-state index in [-0.39, 0.29) is 5.56 Å². The first-order valence-corrected chi connectivity index (χ1v) is 8.43. The van der Waals surface area contributed by atoms with Gasteiger partial charge in [-0.15, -0.1) is 11.3 Å². The van der Waals surface area contributed by atoms with Crippen LogP contribution in [0.2, 0.25) is 0 Å². The lowest BCUT2D eigenvalue weighted by molar-refractivity contribution is 0.473. The fourth-order valence-corrected chi connectivity index (χ4v) is 3.26. The third kappa shape index (κ3) is 2.81. The Morgan fingerprint density at radius 2 is 1.79 bits per heavy atom. The van der Waals surface area contributed by atoms with Crippen LogP contribution in [0.5, 0.6) is 11.5 Å². The molecule has 0 unspecified atom stereocenters. The molecule has 2 aromatic heterocycles. The molecule has 2 heterocycles. The highest BCUT2D eigenvalue weighted by atomic mass is 32.1. The van der Waals surface area contributed by atoms with E-state index in [4.69, 9.17) is 4.74 Å². The number of nitrogens with zero attached hydrogens (tertiary/aromatic N) is 2. The van der Waals surface area contributed by atoms with Gasteiger partial charge in [-0.05, 0) is 29.6 Å². The van der Waals surface area contributed by atoms with Crippen molar-refractivity contribution in [2.75, 3.05) is 0 Å². The van der Waals surface area contributed by atoms with Gasteiger partial charge in [-0.3, -0.25) is 9.36 Å². The van der Waals surface area contributed by atoms with Crippen LogP contribution in [0.1, 0.15) is 5.56 Å². The van der Waals surface area contributed by atoms with Crippen LogP contribution >= 0.6 is 11.3 Å². The number of aromatic nitrogens is 2. The van der Waals surface area contributed by atoms with Crippen molar-refractivity contribution in [3.63, 3.8) is 0 Å². The Morgan fingerprint density at radius 1 is 1.00 bits per heavy atom. The summed E-state index contributed by atoms with van der Waals surface area (Å²) < 4.78 is 7.57. The predicted molar refractivity (Wildman–Crippen MR) is 95.9 cm³/mol. The van der Waals surface area contributed by atoms with Crippen LogP contribution in [-0.4, -0.2) is 9.55 Å². The summed E-state index contributed by atoms with van der Waals surface area (Å²) in [5.74, 6) is 1.50. The van der Waals surface area contributed by atoms with Crippen LogP contribution in [0, 0.1) is 0 Å². The van der Waals surface area contributed by atoms with Crippen LogP contribution in [0.15, 0.2) is 77.2 Å². The topological polar surface area (TPSA) is 44.1 Å². The fraction of sp³-hybridized carbons (Fsp3) is 0.0526. The highest BCUT2D eigenvalue weighted by Crippen LogP contribution is 2.25. The second-order valence-electron chi connectivity index (χ2n) is 5.34. The van der Waals surface area contributed by atoms with Crippen molar-refractivity contribution in [1.29, 1.82) is 0 Å². The van der Waals surface area contributed by atoms with Gasteiger partial charge in [0, 0.05) is 5.56 Å². The molecular formula is C19H14N2O2S. The monoisotopic (exact) mass is 334 g/mol. The highest BCUT2D eigenvalue weighted by Gasteiger charge is 2.09. The molecule has 4 nitrogen and oxygen atoms in total. The van der Waals surface area contributed by atoms with E-state index in [1.165, 1.54) is 11.3 Å². The molecule has 0 fully saturated rings. The average molecular weight is 334 g/mol. The summed E-state index contributed by atoms with van der Waals surface area (Å²) in [6, 6.07) is 19.2. The van der Waals surface area contributed by atoms with Gasteiger partial charge in [0.1, 0.15) is 16.3 Å². The number of hydrogen-bond donors (Lipinski definition) is 0. The van der Waals surface area contributed by atoms with E-state index in [9.17, 15) is 4.79 Å². The van der Waals surface area contributed by atoms with Crippen molar-refractivity contribution in [2.45, 2.75) is 6.54 Å². The molecular weight excluding hydrogens is 320 g/mol. The maximum absolute atomic E-state index is 12.6. The maximum atomic E-state index is 12.6. The Kier molecular flexibility index (Phi) is 3.84. The number of benzene rings is 2. The second kappa shape index (κ2) is 6.29. The van der Waals surface area contributed by atoms with Gasteiger partial charge in [0.15, 0.2) is 0 Å². The van der Waals surface area contributed by atoms with Crippen LogP contribution in [0.4, 0.5) is 0 Å². The van der Waals surface area contributed by atoms with Crippen molar-refractivity contribution in [2.24, 2.45) is 0 Å². The number of hydrogen-bond acceptors (Lipinski definition) is 4. The summed E-state index contributed by atoms with van der Waals surface area (Å²) >= 11 is 1.47.